The Labute approximate surface area is 108 Å². The van der Waals surface area contributed by atoms with Crippen LogP contribution in [0, 0.1) is 0 Å². The summed E-state index contributed by atoms with van der Waals surface area (Å²) in [4.78, 5) is 11.8. The molecule has 5 heteroatoms. The maximum atomic E-state index is 11.8. The van der Waals surface area contributed by atoms with Crippen molar-refractivity contribution in [1.29, 1.82) is 0 Å². The van der Waals surface area contributed by atoms with E-state index in [-0.39, 0.29) is 10.7 Å². The Hall–Kier alpha value is -1.20. The van der Waals surface area contributed by atoms with E-state index < -0.39 is 10.0 Å². The van der Waals surface area contributed by atoms with Gasteiger partial charge in [-0.05, 0) is 25.0 Å². The van der Waals surface area contributed by atoms with E-state index in [0.717, 1.165) is 12.8 Å². The molecule has 0 aliphatic rings. The summed E-state index contributed by atoms with van der Waals surface area (Å²) in [5.41, 5.74) is 0.561. The molecule has 1 N–H and O–H groups in total. The normalized spacial score (nSPS) is 11.4. The van der Waals surface area contributed by atoms with Crippen molar-refractivity contribution in [1.82, 2.24) is 4.72 Å². The van der Waals surface area contributed by atoms with Gasteiger partial charge >= 0.3 is 0 Å². The largest absolute Gasteiger partial charge is 0.294 e. The molecule has 0 aliphatic heterocycles. The van der Waals surface area contributed by atoms with E-state index in [1.54, 1.807) is 12.1 Å². The molecular formula is C13H19NO3S. The van der Waals surface area contributed by atoms with Gasteiger partial charge in [-0.25, -0.2) is 13.1 Å². The van der Waals surface area contributed by atoms with Gasteiger partial charge in [-0.15, -0.1) is 0 Å². The van der Waals surface area contributed by atoms with Crippen LogP contribution in [0.15, 0.2) is 29.2 Å². The van der Waals surface area contributed by atoms with Gasteiger partial charge in [0, 0.05) is 18.5 Å². The van der Waals surface area contributed by atoms with Gasteiger partial charge in [-0.3, -0.25) is 4.79 Å². The zero-order chi connectivity index (χ0) is 13.6. The van der Waals surface area contributed by atoms with Crippen molar-refractivity contribution >= 4 is 15.8 Å². The second kappa shape index (κ2) is 6.66. The predicted molar refractivity (Wildman–Crippen MR) is 71.2 cm³/mol. The van der Waals surface area contributed by atoms with Crippen molar-refractivity contribution in [2.45, 2.75) is 38.0 Å². The molecule has 18 heavy (non-hydrogen) atoms. The summed E-state index contributed by atoms with van der Waals surface area (Å²) in [6.45, 7) is 4.25. The first kappa shape index (κ1) is 14.9. The average Bonchev–Trinajstić information content (AvgIpc) is 2.37. The highest BCUT2D eigenvalue weighted by atomic mass is 32.2. The van der Waals surface area contributed by atoms with Crippen molar-refractivity contribution in [2.24, 2.45) is 0 Å². The van der Waals surface area contributed by atoms with Crippen LogP contribution in [0.2, 0.25) is 0 Å². The zero-order valence-corrected chi connectivity index (χ0v) is 11.6. The number of carbonyl (C=O) groups excluding carboxylic acids is 1. The molecule has 0 saturated carbocycles. The fourth-order valence-electron chi connectivity index (χ4n) is 1.51. The Kier molecular flexibility index (Phi) is 5.50. The van der Waals surface area contributed by atoms with E-state index in [2.05, 4.69) is 4.72 Å². The summed E-state index contributed by atoms with van der Waals surface area (Å²) in [5, 5.41) is 0. The maximum Gasteiger partial charge on any atom is 0.240 e. The molecule has 0 unspecified atom stereocenters. The van der Waals surface area contributed by atoms with Crippen LogP contribution in [0.25, 0.3) is 0 Å². The van der Waals surface area contributed by atoms with Gasteiger partial charge in [0.25, 0.3) is 0 Å². The van der Waals surface area contributed by atoms with Gasteiger partial charge in [0.2, 0.25) is 10.0 Å². The molecule has 4 nitrogen and oxygen atoms in total. The van der Waals surface area contributed by atoms with Crippen LogP contribution in [0.5, 0.6) is 0 Å². The Morgan fingerprint density at radius 3 is 2.22 bits per heavy atom. The minimum absolute atomic E-state index is 0.0444. The summed E-state index contributed by atoms with van der Waals surface area (Å²) in [6.07, 6.45) is 2.02. The highest BCUT2D eigenvalue weighted by Crippen LogP contribution is 2.12. The number of sulfonamides is 1. The summed E-state index contributed by atoms with van der Waals surface area (Å²) in [5.74, 6) is 0.0444. The van der Waals surface area contributed by atoms with Crippen molar-refractivity contribution in [3.63, 3.8) is 0 Å². The van der Waals surface area contributed by atoms with Crippen molar-refractivity contribution in [2.75, 3.05) is 6.54 Å². The molecule has 0 bridgehead atoms. The Morgan fingerprint density at radius 1 is 1.11 bits per heavy atom. The first-order chi connectivity index (χ1) is 8.51. The summed E-state index contributed by atoms with van der Waals surface area (Å²) in [6, 6.07) is 6.08. The number of Topliss-reactive ketones (excluding diaryl/α,β-unsaturated/α-hetero) is 1. The molecule has 0 aromatic heterocycles. The number of hydrogen-bond acceptors (Lipinski definition) is 3. The van der Waals surface area contributed by atoms with Crippen LogP contribution >= 0.6 is 0 Å². The molecule has 1 aromatic rings. The summed E-state index contributed by atoms with van der Waals surface area (Å²) >= 11 is 0. The van der Waals surface area contributed by atoms with Crippen molar-refractivity contribution < 1.29 is 13.2 Å². The van der Waals surface area contributed by atoms with Crippen molar-refractivity contribution in [3.05, 3.63) is 29.8 Å². The lowest BCUT2D eigenvalue weighted by Crippen LogP contribution is -2.24. The average molecular weight is 269 g/mol. The molecule has 0 radical (unpaired) electrons. The Morgan fingerprint density at radius 2 is 1.72 bits per heavy atom. The third kappa shape index (κ3) is 3.92. The predicted octanol–water partition coefficient (Wildman–Crippen LogP) is 2.36. The number of nitrogens with one attached hydrogen (secondary N) is 1. The molecule has 0 fully saturated rings. The minimum Gasteiger partial charge on any atom is -0.294 e. The molecule has 0 spiro atoms. The molecule has 0 aliphatic carbocycles. The van der Waals surface area contributed by atoms with Gasteiger partial charge in [-0.1, -0.05) is 26.0 Å². The van der Waals surface area contributed by atoms with Gasteiger partial charge in [-0.2, -0.15) is 0 Å². The smallest absolute Gasteiger partial charge is 0.240 e. The van der Waals surface area contributed by atoms with Gasteiger partial charge < -0.3 is 0 Å². The summed E-state index contributed by atoms with van der Waals surface area (Å²) < 4.78 is 26.1. The molecule has 0 saturated heterocycles. The first-order valence-corrected chi connectivity index (χ1v) is 7.62. The summed E-state index contributed by atoms with van der Waals surface area (Å²) in [7, 11) is -3.44. The maximum absolute atomic E-state index is 11.8. The molecule has 0 atom stereocenters. The minimum atomic E-state index is -3.44. The van der Waals surface area contributed by atoms with Crippen LogP contribution in [0.1, 0.15) is 43.5 Å². The van der Waals surface area contributed by atoms with Crippen molar-refractivity contribution in [3.8, 4) is 0 Å². The second-order valence-corrected chi connectivity index (χ2v) is 5.86. The molecular weight excluding hydrogens is 250 g/mol. The molecule has 1 aromatic carbocycles. The van der Waals surface area contributed by atoms with E-state index in [1.807, 2.05) is 13.8 Å². The number of ketones is 1. The third-order valence-corrected chi connectivity index (χ3v) is 3.98. The zero-order valence-electron chi connectivity index (χ0n) is 10.8. The molecule has 100 valence electrons. The fourth-order valence-corrected chi connectivity index (χ4v) is 2.65. The van der Waals surface area contributed by atoms with Gasteiger partial charge in [0.05, 0.1) is 4.90 Å². The van der Waals surface area contributed by atoms with Crippen LogP contribution in [0.4, 0.5) is 0 Å². The number of rotatable bonds is 7. The standard InChI is InChI=1S/C13H19NO3S/c1-3-5-13(15)11-6-8-12(9-7-11)18(16,17)14-10-4-2/h6-9,14H,3-5,10H2,1-2H3. The topological polar surface area (TPSA) is 63.2 Å². The van der Waals surface area contributed by atoms with E-state index in [9.17, 15) is 13.2 Å². The molecule has 0 amide bonds. The highest BCUT2D eigenvalue weighted by molar-refractivity contribution is 7.89. The van der Waals surface area contributed by atoms with Gasteiger partial charge in [0.15, 0.2) is 5.78 Å². The first-order valence-electron chi connectivity index (χ1n) is 6.14. The lowest BCUT2D eigenvalue weighted by atomic mass is 10.1. The van der Waals surface area contributed by atoms with E-state index in [1.165, 1.54) is 12.1 Å². The number of hydrogen-bond donors (Lipinski definition) is 1. The lowest BCUT2D eigenvalue weighted by molar-refractivity contribution is 0.0981. The second-order valence-electron chi connectivity index (χ2n) is 4.10. The number of benzene rings is 1. The fraction of sp³-hybridized carbons (Fsp3) is 0.462. The quantitative estimate of drug-likeness (QED) is 0.773. The van der Waals surface area contributed by atoms with E-state index in [0.29, 0.717) is 18.5 Å². The van der Waals surface area contributed by atoms with Crippen LogP contribution in [-0.2, 0) is 10.0 Å². The SMILES string of the molecule is CCCNS(=O)(=O)c1ccc(C(=O)CCC)cc1. The van der Waals surface area contributed by atoms with Crippen LogP contribution in [-0.4, -0.2) is 20.7 Å². The number of carbonyl (C=O) groups is 1. The molecule has 1 rings (SSSR count). The van der Waals surface area contributed by atoms with Crippen LogP contribution < -0.4 is 4.72 Å². The van der Waals surface area contributed by atoms with Crippen LogP contribution in [0.3, 0.4) is 0 Å². The van der Waals surface area contributed by atoms with Gasteiger partial charge in [0.1, 0.15) is 0 Å². The monoisotopic (exact) mass is 269 g/mol. The Bertz CT molecular complexity index is 491. The van der Waals surface area contributed by atoms with E-state index >= 15 is 0 Å². The Balaban J connectivity index is 2.85. The highest BCUT2D eigenvalue weighted by Gasteiger charge is 2.13. The third-order valence-electron chi connectivity index (χ3n) is 2.51. The molecule has 0 heterocycles. The lowest BCUT2D eigenvalue weighted by Gasteiger charge is -2.06. The van der Waals surface area contributed by atoms with E-state index in [4.69, 9.17) is 0 Å².